The van der Waals surface area contributed by atoms with Crippen LogP contribution in [-0.4, -0.2) is 28.7 Å². The molecule has 3 aromatic rings. The average molecular weight is 341 g/mol. The highest BCUT2D eigenvalue weighted by atomic mass is 35.5. The molecule has 4 heteroatoms. The molecule has 3 rings (SSSR count). The molecule has 0 amide bonds. The largest absolute Gasteiger partial charge is 0.393 e. The van der Waals surface area contributed by atoms with Gasteiger partial charge < -0.3 is 10.2 Å². The summed E-state index contributed by atoms with van der Waals surface area (Å²) in [6, 6.07) is 19.2. The van der Waals surface area contributed by atoms with Crippen LogP contribution in [0.3, 0.4) is 0 Å². The minimum atomic E-state index is -1.40. The Balaban J connectivity index is 1.92. The van der Waals surface area contributed by atoms with E-state index in [2.05, 4.69) is 24.3 Å². The van der Waals surface area contributed by atoms with Gasteiger partial charge in [0.05, 0.1) is 6.61 Å². The molecule has 1 atom stereocenters. The molecule has 0 saturated heterocycles. The van der Waals surface area contributed by atoms with Gasteiger partial charge in [0.2, 0.25) is 0 Å². The Morgan fingerprint density at radius 1 is 1.00 bits per heavy atom. The molecule has 0 aliphatic carbocycles. The molecular formula is C20H17ClO3. The first-order valence-electron chi connectivity index (χ1n) is 7.67. The van der Waals surface area contributed by atoms with E-state index in [0.717, 1.165) is 16.5 Å². The summed E-state index contributed by atoms with van der Waals surface area (Å²) in [6.45, 7) is -0.596. The fourth-order valence-corrected chi connectivity index (χ4v) is 2.89. The third-order valence-corrected chi connectivity index (χ3v) is 4.38. The van der Waals surface area contributed by atoms with E-state index in [9.17, 15) is 9.90 Å². The molecule has 0 bridgehead atoms. The van der Waals surface area contributed by atoms with E-state index in [-0.39, 0.29) is 0 Å². The number of ketones is 1. The Morgan fingerprint density at radius 2 is 1.75 bits per heavy atom. The highest BCUT2D eigenvalue weighted by Crippen LogP contribution is 2.24. The van der Waals surface area contributed by atoms with E-state index in [1.807, 2.05) is 18.2 Å². The molecule has 1 unspecified atom stereocenters. The van der Waals surface area contributed by atoms with Crippen LogP contribution in [0.15, 0.2) is 60.7 Å². The van der Waals surface area contributed by atoms with Gasteiger partial charge in [-0.3, -0.25) is 4.79 Å². The Labute approximate surface area is 145 Å². The van der Waals surface area contributed by atoms with E-state index < -0.39 is 18.5 Å². The van der Waals surface area contributed by atoms with Gasteiger partial charge in [-0.15, -0.1) is 0 Å². The highest BCUT2D eigenvalue weighted by Gasteiger charge is 2.17. The van der Waals surface area contributed by atoms with Crippen LogP contribution in [0.2, 0.25) is 5.02 Å². The van der Waals surface area contributed by atoms with E-state index in [1.54, 1.807) is 18.2 Å². The number of rotatable bonds is 5. The number of hydrogen-bond donors (Lipinski definition) is 2. The maximum atomic E-state index is 12.0. The van der Waals surface area contributed by atoms with E-state index >= 15 is 0 Å². The molecule has 24 heavy (non-hydrogen) atoms. The predicted octanol–water partition coefficient (Wildman–Crippen LogP) is 3.62. The molecule has 3 aromatic carbocycles. The summed E-state index contributed by atoms with van der Waals surface area (Å²) in [7, 11) is 0. The summed E-state index contributed by atoms with van der Waals surface area (Å²) in [5.74, 6) is -0.506. The lowest BCUT2D eigenvalue weighted by Gasteiger charge is -2.10. The van der Waals surface area contributed by atoms with Crippen molar-refractivity contribution >= 4 is 28.2 Å². The number of halogens is 1. The van der Waals surface area contributed by atoms with Crippen molar-refractivity contribution in [3.8, 4) is 0 Å². The molecule has 0 spiro atoms. The number of fused-ring (bicyclic) bond motifs is 1. The lowest BCUT2D eigenvalue weighted by atomic mass is 9.98. The summed E-state index contributed by atoms with van der Waals surface area (Å²) in [6.07, 6.45) is -0.820. The Bertz CT molecular complexity index is 889. The normalized spacial score (nSPS) is 12.3. The minimum Gasteiger partial charge on any atom is -0.393 e. The maximum absolute atomic E-state index is 12.0. The molecule has 2 N–H and O–H groups in total. The van der Waals surface area contributed by atoms with Crippen LogP contribution in [0, 0.1) is 0 Å². The monoisotopic (exact) mass is 340 g/mol. The second-order valence-electron chi connectivity index (χ2n) is 5.73. The first-order chi connectivity index (χ1) is 11.6. The quantitative estimate of drug-likeness (QED) is 0.697. The summed E-state index contributed by atoms with van der Waals surface area (Å²) in [4.78, 5) is 12.0. The van der Waals surface area contributed by atoms with Gasteiger partial charge in [0, 0.05) is 10.6 Å². The average Bonchev–Trinajstić information content (AvgIpc) is 2.62. The number of carbonyl (C=O) groups excluding carboxylic acids is 1. The van der Waals surface area contributed by atoms with Crippen molar-refractivity contribution in [1.82, 2.24) is 0 Å². The number of benzene rings is 3. The summed E-state index contributed by atoms with van der Waals surface area (Å²) in [5, 5.41) is 21.3. The molecule has 0 fully saturated rings. The second-order valence-corrected chi connectivity index (χ2v) is 6.13. The van der Waals surface area contributed by atoms with Crippen LogP contribution in [0.5, 0.6) is 0 Å². The molecule has 0 heterocycles. The molecule has 0 saturated carbocycles. The summed E-state index contributed by atoms with van der Waals surface area (Å²) in [5.41, 5.74) is 2.24. The summed E-state index contributed by atoms with van der Waals surface area (Å²) >= 11 is 6.26. The fraction of sp³-hybridized carbons (Fsp3) is 0.150. The number of aliphatic hydroxyl groups is 2. The smallest absolute Gasteiger partial charge is 0.193 e. The SMILES string of the molecule is O=C(c1ccc(Cl)c(Cc2ccc3ccccc3c2)c1)C(O)CO. The van der Waals surface area contributed by atoms with Crippen LogP contribution < -0.4 is 0 Å². The van der Waals surface area contributed by atoms with Crippen molar-refractivity contribution in [3.05, 3.63) is 82.4 Å². The van der Waals surface area contributed by atoms with E-state index in [0.29, 0.717) is 17.0 Å². The zero-order valence-corrected chi connectivity index (χ0v) is 13.7. The van der Waals surface area contributed by atoms with Gasteiger partial charge in [0.15, 0.2) is 5.78 Å². The molecule has 122 valence electrons. The lowest BCUT2D eigenvalue weighted by Crippen LogP contribution is -2.24. The van der Waals surface area contributed by atoms with Crippen molar-refractivity contribution < 1.29 is 15.0 Å². The van der Waals surface area contributed by atoms with Crippen LogP contribution in [0.25, 0.3) is 10.8 Å². The molecule has 3 nitrogen and oxygen atoms in total. The molecular weight excluding hydrogens is 324 g/mol. The Morgan fingerprint density at radius 3 is 2.50 bits per heavy atom. The molecule has 0 aliphatic heterocycles. The Kier molecular flexibility index (Phi) is 4.95. The van der Waals surface area contributed by atoms with Gasteiger partial charge >= 0.3 is 0 Å². The second kappa shape index (κ2) is 7.14. The van der Waals surface area contributed by atoms with Crippen LogP contribution in [0.1, 0.15) is 21.5 Å². The maximum Gasteiger partial charge on any atom is 0.193 e. The third kappa shape index (κ3) is 3.49. The van der Waals surface area contributed by atoms with Gasteiger partial charge in [-0.05, 0) is 46.5 Å². The number of carbonyl (C=O) groups is 1. The zero-order chi connectivity index (χ0) is 17.1. The van der Waals surface area contributed by atoms with Crippen molar-refractivity contribution in [2.75, 3.05) is 6.61 Å². The van der Waals surface area contributed by atoms with Crippen molar-refractivity contribution in [3.63, 3.8) is 0 Å². The van der Waals surface area contributed by atoms with Gasteiger partial charge in [0.1, 0.15) is 6.10 Å². The Hall–Kier alpha value is -2.20. The van der Waals surface area contributed by atoms with Gasteiger partial charge in [-0.25, -0.2) is 0 Å². The van der Waals surface area contributed by atoms with Crippen LogP contribution in [0.4, 0.5) is 0 Å². The molecule has 0 aromatic heterocycles. The number of hydrogen-bond acceptors (Lipinski definition) is 3. The fourth-order valence-electron chi connectivity index (χ4n) is 2.71. The van der Waals surface area contributed by atoms with E-state index in [1.165, 1.54) is 5.39 Å². The van der Waals surface area contributed by atoms with Crippen LogP contribution in [-0.2, 0) is 6.42 Å². The van der Waals surface area contributed by atoms with Gasteiger partial charge in [-0.2, -0.15) is 0 Å². The first kappa shape index (κ1) is 16.7. The highest BCUT2D eigenvalue weighted by molar-refractivity contribution is 6.31. The topological polar surface area (TPSA) is 57.5 Å². The predicted molar refractivity (Wildman–Crippen MR) is 95.6 cm³/mol. The standard InChI is InChI=1S/C20H17ClO3/c21-18-8-7-16(20(24)19(23)12-22)11-17(18)10-13-5-6-14-3-1-2-4-15(14)9-13/h1-9,11,19,22-23H,10,12H2. The summed E-state index contributed by atoms with van der Waals surface area (Å²) < 4.78 is 0. The van der Waals surface area contributed by atoms with Crippen molar-refractivity contribution in [2.45, 2.75) is 12.5 Å². The molecule has 0 aliphatic rings. The van der Waals surface area contributed by atoms with Crippen molar-refractivity contribution in [2.24, 2.45) is 0 Å². The third-order valence-electron chi connectivity index (χ3n) is 4.01. The number of aliphatic hydroxyl groups excluding tert-OH is 2. The zero-order valence-electron chi connectivity index (χ0n) is 12.9. The number of Topliss-reactive ketones (excluding diaryl/α,β-unsaturated/α-hetero) is 1. The van der Waals surface area contributed by atoms with Crippen molar-refractivity contribution in [1.29, 1.82) is 0 Å². The van der Waals surface area contributed by atoms with Gasteiger partial charge in [-0.1, -0.05) is 54.1 Å². The van der Waals surface area contributed by atoms with Crippen LogP contribution >= 0.6 is 11.6 Å². The minimum absolute atomic E-state index is 0.344. The molecule has 0 radical (unpaired) electrons. The van der Waals surface area contributed by atoms with Gasteiger partial charge in [0.25, 0.3) is 0 Å². The van der Waals surface area contributed by atoms with E-state index in [4.69, 9.17) is 16.7 Å². The first-order valence-corrected chi connectivity index (χ1v) is 8.05. The lowest BCUT2D eigenvalue weighted by molar-refractivity contribution is 0.0587.